The number of amides is 1. The molecule has 1 atom stereocenters. The first-order chi connectivity index (χ1) is 14.9. The maximum atomic E-state index is 13.5. The van der Waals surface area contributed by atoms with Gasteiger partial charge >= 0.3 is 0 Å². The van der Waals surface area contributed by atoms with Crippen LogP contribution in [0, 0.1) is 0 Å². The second-order valence-corrected chi connectivity index (χ2v) is 10.3. The lowest BCUT2D eigenvalue weighted by Crippen LogP contribution is -2.38. The molecule has 2 aromatic carbocycles. The van der Waals surface area contributed by atoms with Gasteiger partial charge in [-0.15, -0.1) is 0 Å². The molecular weight excluding hydrogens is 432 g/mol. The van der Waals surface area contributed by atoms with Crippen molar-refractivity contribution in [3.63, 3.8) is 0 Å². The number of sulfonamides is 1. The van der Waals surface area contributed by atoms with Crippen LogP contribution < -0.4 is 5.14 Å². The maximum Gasteiger partial charge on any atom is 0.240 e. The second kappa shape index (κ2) is 9.02. The van der Waals surface area contributed by atoms with E-state index in [-0.39, 0.29) is 10.8 Å². The summed E-state index contributed by atoms with van der Waals surface area (Å²) >= 11 is 1.41. The fraction of sp³-hybridized carbons (Fsp3) is 0.364. The summed E-state index contributed by atoms with van der Waals surface area (Å²) in [6, 6.07) is 14.5. The lowest BCUT2D eigenvalue weighted by Gasteiger charge is -2.30. The van der Waals surface area contributed by atoms with Gasteiger partial charge in [0.15, 0.2) is 5.16 Å². The van der Waals surface area contributed by atoms with E-state index in [0.717, 1.165) is 43.4 Å². The molecule has 0 aliphatic carbocycles. The molecule has 0 unspecified atom stereocenters. The predicted molar refractivity (Wildman–Crippen MR) is 122 cm³/mol. The van der Waals surface area contributed by atoms with Crippen LogP contribution in [-0.2, 0) is 21.4 Å². The number of hydrogen-bond donors (Lipinski definition) is 1. The summed E-state index contributed by atoms with van der Waals surface area (Å²) < 4.78 is 25.5. The van der Waals surface area contributed by atoms with Gasteiger partial charge in [-0.3, -0.25) is 4.79 Å². The summed E-state index contributed by atoms with van der Waals surface area (Å²) in [6.07, 6.45) is 3.22. The number of piperidine rings is 1. The van der Waals surface area contributed by atoms with Crippen molar-refractivity contribution in [2.45, 2.75) is 48.0 Å². The topological polar surface area (TPSA) is 98.3 Å². The molecule has 1 aliphatic heterocycles. The highest BCUT2D eigenvalue weighted by Crippen LogP contribution is 2.38. The molecule has 7 nitrogen and oxygen atoms in total. The summed E-state index contributed by atoms with van der Waals surface area (Å²) in [5.74, 6) is 0.0934. The number of benzene rings is 2. The Morgan fingerprint density at radius 2 is 1.84 bits per heavy atom. The normalized spacial score (nSPS) is 15.9. The van der Waals surface area contributed by atoms with E-state index in [1.54, 1.807) is 6.07 Å². The summed E-state index contributed by atoms with van der Waals surface area (Å²) in [7, 11) is -3.82. The fourth-order valence-electron chi connectivity index (χ4n) is 3.93. The molecule has 31 heavy (non-hydrogen) atoms. The third-order valence-electron chi connectivity index (χ3n) is 5.55. The summed E-state index contributed by atoms with van der Waals surface area (Å²) in [5.41, 5.74) is 2.30. The zero-order chi connectivity index (χ0) is 22.0. The number of likely N-dealkylation sites (tertiary alicyclic amines) is 1. The van der Waals surface area contributed by atoms with Crippen LogP contribution in [0.3, 0.4) is 0 Å². The molecule has 1 fully saturated rings. The van der Waals surface area contributed by atoms with Gasteiger partial charge in [0.05, 0.1) is 15.9 Å². The third-order valence-corrected chi connectivity index (χ3v) is 7.69. The van der Waals surface area contributed by atoms with E-state index < -0.39 is 15.3 Å². The van der Waals surface area contributed by atoms with Crippen molar-refractivity contribution in [1.29, 1.82) is 0 Å². The Labute approximate surface area is 186 Å². The number of primary sulfonamides is 1. The van der Waals surface area contributed by atoms with Crippen molar-refractivity contribution in [3.05, 3.63) is 54.1 Å². The number of imidazole rings is 1. The molecule has 0 spiro atoms. The number of carbonyl (C=O) groups excluding carboxylic acids is 1. The first-order valence-electron chi connectivity index (χ1n) is 10.4. The van der Waals surface area contributed by atoms with Gasteiger partial charge < -0.3 is 9.47 Å². The summed E-state index contributed by atoms with van der Waals surface area (Å²) in [4.78, 5) is 20.1. The first-order valence-corrected chi connectivity index (χ1v) is 12.8. The monoisotopic (exact) mass is 458 g/mol. The number of aryl methyl sites for hydroxylation is 1. The van der Waals surface area contributed by atoms with Gasteiger partial charge in [-0.25, -0.2) is 18.5 Å². The van der Waals surface area contributed by atoms with Crippen LogP contribution in [-0.4, -0.2) is 41.9 Å². The molecule has 3 aromatic rings. The van der Waals surface area contributed by atoms with E-state index in [4.69, 9.17) is 5.14 Å². The molecule has 1 aromatic heterocycles. The van der Waals surface area contributed by atoms with E-state index in [9.17, 15) is 13.2 Å². The van der Waals surface area contributed by atoms with Crippen LogP contribution in [0.5, 0.6) is 0 Å². The fourth-order valence-corrected chi connectivity index (χ4v) is 5.73. The molecule has 9 heteroatoms. The molecule has 2 heterocycles. The van der Waals surface area contributed by atoms with Crippen LogP contribution in [0.4, 0.5) is 0 Å². The minimum atomic E-state index is -3.82. The molecule has 0 bridgehead atoms. The minimum absolute atomic E-state index is 0.0290. The number of fused-ring (bicyclic) bond motifs is 1. The van der Waals surface area contributed by atoms with Crippen molar-refractivity contribution < 1.29 is 13.2 Å². The third kappa shape index (κ3) is 4.63. The predicted octanol–water partition coefficient (Wildman–Crippen LogP) is 3.55. The first kappa shape index (κ1) is 21.9. The van der Waals surface area contributed by atoms with Gasteiger partial charge in [-0.05, 0) is 49.9 Å². The van der Waals surface area contributed by atoms with Crippen molar-refractivity contribution in [2.75, 3.05) is 13.1 Å². The van der Waals surface area contributed by atoms with Crippen LogP contribution >= 0.6 is 11.8 Å². The molecule has 0 saturated carbocycles. The molecular formula is C22H26N4O3S2. The molecule has 1 aliphatic rings. The van der Waals surface area contributed by atoms with E-state index in [0.29, 0.717) is 17.2 Å². The van der Waals surface area contributed by atoms with E-state index in [1.807, 2.05) is 46.7 Å². The number of nitrogens with two attached hydrogens (primary N) is 1. The number of aromatic nitrogens is 2. The van der Waals surface area contributed by atoms with Crippen molar-refractivity contribution in [2.24, 2.45) is 5.14 Å². The summed E-state index contributed by atoms with van der Waals surface area (Å²) in [5, 5.41) is 5.55. The van der Waals surface area contributed by atoms with Crippen LogP contribution in [0.1, 0.15) is 37.0 Å². The highest BCUT2D eigenvalue weighted by atomic mass is 32.2. The van der Waals surface area contributed by atoms with Crippen LogP contribution in [0.15, 0.2) is 58.6 Å². The Hall–Kier alpha value is -2.36. The molecule has 1 amide bonds. The standard InChI is InChI=1S/C22H26N4O3S2/c1-2-26-19-12-11-17(31(23,28)29)15-18(19)24-22(26)30-20(16-9-5-3-6-10-16)21(27)25-13-7-4-8-14-25/h3,5-6,9-12,15,20H,2,4,7-8,13-14H2,1H3,(H2,23,28,29)/t20-/m1/s1. The van der Waals surface area contributed by atoms with Gasteiger partial charge in [0, 0.05) is 19.6 Å². The van der Waals surface area contributed by atoms with Crippen molar-refractivity contribution in [1.82, 2.24) is 14.5 Å². The van der Waals surface area contributed by atoms with Crippen molar-refractivity contribution in [3.8, 4) is 0 Å². The van der Waals surface area contributed by atoms with Gasteiger partial charge in [0.25, 0.3) is 0 Å². The molecule has 2 N–H and O–H groups in total. The zero-order valence-corrected chi connectivity index (χ0v) is 19.0. The number of rotatable bonds is 6. The molecule has 0 radical (unpaired) electrons. The lowest BCUT2D eigenvalue weighted by molar-refractivity contribution is -0.131. The Kier molecular flexibility index (Phi) is 6.36. The van der Waals surface area contributed by atoms with Gasteiger partial charge in [0.2, 0.25) is 15.9 Å². The van der Waals surface area contributed by atoms with Crippen molar-refractivity contribution >= 4 is 38.7 Å². The molecule has 164 valence electrons. The maximum absolute atomic E-state index is 13.5. The SMILES string of the molecule is CCn1c(S[C@@H](C(=O)N2CCCCC2)c2ccccc2)nc2cc(S(N)(=O)=O)ccc21. The number of hydrogen-bond acceptors (Lipinski definition) is 5. The van der Waals surface area contributed by atoms with Crippen LogP contribution in [0.2, 0.25) is 0 Å². The quantitative estimate of drug-likeness (QED) is 0.570. The second-order valence-electron chi connectivity index (χ2n) is 7.63. The zero-order valence-electron chi connectivity index (χ0n) is 17.4. The highest BCUT2D eigenvalue weighted by Gasteiger charge is 2.30. The summed E-state index contributed by atoms with van der Waals surface area (Å²) in [6.45, 7) is 4.21. The van der Waals surface area contributed by atoms with Crippen LogP contribution in [0.25, 0.3) is 11.0 Å². The van der Waals surface area contributed by atoms with E-state index >= 15 is 0 Å². The van der Waals surface area contributed by atoms with Gasteiger partial charge in [-0.1, -0.05) is 42.1 Å². The Balaban J connectivity index is 1.74. The van der Waals surface area contributed by atoms with E-state index in [2.05, 4.69) is 4.98 Å². The number of carbonyl (C=O) groups is 1. The smallest absolute Gasteiger partial charge is 0.240 e. The van der Waals surface area contributed by atoms with E-state index in [1.165, 1.54) is 23.9 Å². The Bertz CT molecular complexity index is 1190. The number of thioether (sulfide) groups is 1. The lowest BCUT2D eigenvalue weighted by atomic mass is 10.1. The molecule has 1 saturated heterocycles. The van der Waals surface area contributed by atoms with Gasteiger partial charge in [0.1, 0.15) is 5.25 Å². The highest BCUT2D eigenvalue weighted by molar-refractivity contribution is 8.00. The average Bonchev–Trinajstić information content (AvgIpc) is 3.14. The Morgan fingerprint density at radius 3 is 2.48 bits per heavy atom. The Morgan fingerprint density at radius 1 is 1.13 bits per heavy atom. The molecule has 4 rings (SSSR count). The largest absolute Gasteiger partial charge is 0.341 e. The number of nitrogens with zero attached hydrogens (tertiary/aromatic N) is 3. The minimum Gasteiger partial charge on any atom is -0.341 e. The average molecular weight is 459 g/mol. The van der Waals surface area contributed by atoms with Gasteiger partial charge in [-0.2, -0.15) is 0 Å².